The first kappa shape index (κ1) is 19.0. The van der Waals surface area contributed by atoms with Gasteiger partial charge in [-0.15, -0.1) is 0 Å². The van der Waals surface area contributed by atoms with Crippen molar-refractivity contribution in [1.29, 1.82) is 5.26 Å². The zero-order valence-corrected chi connectivity index (χ0v) is 16.1. The van der Waals surface area contributed by atoms with E-state index in [1.165, 1.54) is 18.2 Å². The zero-order valence-electron chi connectivity index (χ0n) is 14.5. The standard InChI is InChI=1S/C20H11BrF2N2O4/c21-9-5-6-14(28-20(22)23)11(7-9)15-12(8-24)18(25)29-17-10-3-1-2-4-13(10)27-19(26)16(15)17/h1-7,15,20H,25H2/t15-/m1/s1. The molecule has 1 atom stereocenters. The lowest BCUT2D eigenvalue weighted by molar-refractivity contribution is -0.0505. The Morgan fingerprint density at radius 1 is 1.24 bits per heavy atom. The number of nitrogens with zero attached hydrogens (tertiary/aromatic N) is 1. The van der Waals surface area contributed by atoms with Crippen molar-refractivity contribution < 1.29 is 22.7 Å². The number of nitrogens with two attached hydrogens (primary N) is 1. The van der Waals surface area contributed by atoms with Gasteiger partial charge >= 0.3 is 12.2 Å². The number of allylic oxidation sites excluding steroid dienone is 1. The van der Waals surface area contributed by atoms with Crippen molar-refractivity contribution in [3.05, 3.63) is 79.9 Å². The maximum atomic E-state index is 13.0. The average molecular weight is 461 g/mol. The number of rotatable bonds is 3. The Balaban J connectivity index is 2.07. The summed E-state index contributed by atoms with van der Waals surface area (Å²) >= 11 is 3.28. The van der Waals surface area contributed by atoms with Gasteiger partial charge in [0.05, 0.1) is 16.9 Å². The lowest BCUT2D eigenvalue weighted by Gasteiger charge is -2.27. The minimum Gasteiger partial charge on any atom is -0.439 e. The highest BCUT2D eigenvalue weighted by atomic mass is 79.9. The highest BCUT2D eigenvalue weighted by Crippen LogP contribution is 2.46. The molecule has 2 heterocycles. The second-order valence-electron chi connectivity index (χ2n) is 6.11. The van der Waals surface area contributed by atoms with Gasteiger partial charge in [0.2, 0.25) is 5.88 Å². The normalized spacial score (nSPS) is 15.8. The Hall–Kier alpha value is -3.38. The zero-order chi connectivity index (χ0) is 20.7. The summed E-state index contributed by atoms with van der Waals surface area (Å²) in [7, 11) is 0. The van der Waals surface area contributed by atoms with Gasteiger partial charge in [-0.1, -0.05) is 28.1 Å². The third-order valence-corrected chi connectivity index (χ3v) is 4.97. The maximum absolute atomic E-state index is 13.0. The average Bonchev–Trinajstić information content (AvgIpc) is 2.68. The Bertz CT molecular complexity index is 1260. The monoisotopic (exact) mass is 460 g/mol. The van der Waals surface area contributed by atoms with Crippen LogP contribution in [0.1, 0.15) is 17.0 Å². The highest BCUT2D eigenvalue weighted by Gasteiger charge is 2.37. The molecule has 2 N–H and O–H groups in total. The number of benzene rings is 2. The van der Waals surface area contributed by atoms with E-state index in [9.17, 15) is 18.8 Å². The van der Waals surface area contributed by atoms with Crippen LogP contribution in [0.4, 0.5) is 8.78 Å². The molecule has 0 spiro atoms. The van der Waals surface area contributed by atoms with Crippen LogP contribution in [-0.2, 0) is 0 Å². The Kier molecular flexibility index (Phi) is 4.72. The molecule has 1 aromatic heterocycles. The summed E-state index contributed by atoms with van der Waals surface area (Å²) in [5, 5.41) is 10.1. The number of fused-ring (bicyclic) bond motifs is 3. The molecule has 3 aromatic rings. The van der Waals surface area contributed by atoms with Crippen molar-refractivity contribution >= 4 is 26.9 Å². The predicted molar refractivity (Wildman–Crippen MR) is 103 cm³/mol. The topological polar surface area (TPSA) is 98.5 Å². The fraction of sp³-hybridized carbons (Fsp3) is 0.100. The minimum atomic E-state index is -3.10. The molecule has 9 heteroatoms. The smallest absolute Gasteiger partial charge is 0.387 e. The quantitative estimate of drug-likeness (QED) is 0.582. The van der Waals surface area contributed by atoms with Crippen LogP contribution in [0.3, 0.4) is 0 Å². The number of hydrogen-bond acceptors (Lipinski definition) is 6. The largest absolute Gasteiger partial charge is 0.439 e. The summed E-state index contributed by atoms with van der Waals surface area (Å²) in [4.78, 5) is 12.8. The first-order chi connectivity index (χ1) is 13.9. The third-order valence-electron chi connectivity index (χ3n) is 4.47. The molecule has 0 aliphatic carbocycles. The van der Waals surface area contributed by atoms with Gasteiger partial charge in [-0.3, -0.25) is 0 Å². The van der Waals surface area contributed by atoms with Crippen LogP contribution in [-0.4, -0.2) is 6.61 Å². The molecule has 0 saturated heterocycles. The second kappa shape index (κ2) is 7.22. The number of halogens is 3. The van der Waals surface area contributed by atoms with E-state index in [1.54, 1.807) is 24.3 Å². The molecule has 1 aliphatic rings. The molecule has 2 aromatic carbocycles. The molecule has 0 fully saturated rings. The lowest BCUT2D eigenvalue weighted by atomic mass is 9.83. The van der Waals surface area contributed by atoms with E-state index in [0.717, 1.165) is 0 Å². The maximum Gasteiger partial charge on any atom is 0.387 e. The summed E-state index contributed by atoms with van der Waals surface area (Å²) in [5.74, 6) is -1.44. The van der Waals surface area contributed by atoms with Crippen LogP contribution < -0.4 is 20.8 Å². The number of para-hydroxylation sites is 1. The summed E-state index contributed by atoms with van der Waals surface area (Å²) in [5.41, 5.74) is 5.47. The van der Waals surface area contributed by atoms with E-state index >= 15 is 0 Å². The van der Waals surface area contributed by atoms with Crippen molar-refractivity contribution in [1.82, 2.24) is 0 Å². The van der Waals surface area contributed by atoms with Crippen LogP contribution in [0.25, 0.3) is 11.0 Å². The molecule has 1 aliphatic heterocycles. The molecule has 0 saturated carbocycles. The first-order valence-corrected chi connectivity index (χ1v) is 9.07. The molecular formula is C20H11BrF2N2O4. The third kappa shape index (κ3) is 3.21. The predicted octanol–water partition coefficient (Wildman–Crippen LogP) is 4.38. The molecule has 146 valence electrons. The van der Waals surface area contributed by atoms with Gasteiger partial charge in [-0.2, -0.15) is 14.0 Å². The number of hydrogen-bond donors (Lipinski definition) is 1. The van der Waals surface area contributed by atoms with Gasteiger partial charge in [-0.05, 0) is 30.3 Å². The Morgan fingerprint density at radius 3 is 2.72 bits per heavy atom. The van der Waals surface area contributed by atoms with E-state index in [-0.39, 0.29) is 39.7 Å². The van der Waals surface area contributed by atoms with Gasteiger partial charge in [0.1, 0.15) is 23.0 Å². The van der Waals surface area contributed by atoms with E-state index in [0.29, 0.717) is 9.86 Å². The number of alkyl halides is 2. The summed E-state index contributed by atoms with van der Waals surface area (Å²) < 4.78 is 42.1. The van der Waals surface area contributed by atoms with Crippen LogP contribution in [0, 0.1) is 11.3 Å². The minimum absolute atomic E-state index is 0.0216. The van der Waals surface area contributed by atoms with Gasteiger partial charge in [0, 0.05) is 10.0 Å². The van der Waals surface area contributed by atoms with Crippen LogP contribution >= 0.6 is 15.9 Å². The summed E-state index contributed by atoms with van der Waals surface area (Å²) in [6.45, 7) is -3.10. The SMILES string of the molecule is N#CC1=C(N)Oc2c(c(=O)oc3ccccc23)[C@@H]1c1cc(Br)ccc1OC(F)F. The number of nitriles is 1. The van der Waals surface area contributed by atoms with Gasteiger partial charge in [-0.25, -0.2) is 4.79 Å². The van der Waals surface area contributed by atoms with E-state index in [4.69, 9.17) is 14.9 Å². The second-order valence-corrected chi connectivity index (χ2v) is 7.03. The van der Waals surface area contributed by atoms with Crippen LogP contribution in [0.2, 0.25) is 0 Å². The lowest BCUT2D eigenvalue weighted by Crippen LogP contribution is -2.26. The molecule has 0 radical (unpaired) electrons. The Morgan fingerprint density at radius 2 is 2.00 bits per heavy atom. The van der Waals surface area contributed by atoms with Crippen molar-refractivity contribution in [2.45, 2.75) is 12.5 Å². The first-order valence-electron chi connectivity index (χ1n) is 8.28. The molecule has 4 rings (SSSR count). The molecule has 29 heavy (non-hydrogen) atoms. The van der Waals surface area contributed by atoms with Gasteiger partial charge < -0.3 is 19.6 Å². The summed E-state index contributed by atoms with van der Waals surface area (Å²) in [6, 6.07) is 12.9. The molecule has 6 nitrogen and oxygen atoms in total. The number of ether oxygens (including phenoxy) is 2. The van der Waals surface area contributed by atoms with Crippen molar-refractivity contribution in [2.24, 2.45) is 5.73 Å². The Labute approximate surface area is 170 Å². The van der Waals surface area contributed by atoms with Crippen molar-refractivity contribution in [3.63, 3.8) is 0 Å². The fourth-order valence-corrected chi connectivity index (χ4v) is 3.70. The van der Waals surface area contributed by atoms with E-state index in [1.807, 2.05) is 6.07 Å². The van der Waals surface area contributed by atoms with Gasteiger partial charge in [0.15, 0.2) is 5.75 Å². The van der Waals surface area contributed by atoms with E-state index in [2.05, 4.69) is 20.7 Å². The molecular weight excluding hydrogens is 450 g/mol. The van der Waals surface area contributed by atoms with Crippen LogP contribution in [0.5, 0.6) is 11.5 Å². The van der Waals surface area contributed by atoms with Crippen molar-refractivity contribution in [2.75, 3.05) is 0 Å². The van der Waals surface area contributed by atoms with Crippen molar-refractivity contribution in [3.8, 4) is 17.6 Å². The molecule has 0 unspecified atom stereocenters. The fourth-order valence-electron chi connectivity index (χ4n) is 3.33. The molecule has 0 bridgehead atoms. The summed E-state index contributed by atoms with van der Waals surface area (Å²) in [6.07, 6.45) is 0. The van der Waals surface area contributed by atoms with Gasteiger partial charge in [0.25, 0.3) is 0 Å². The van der Waals surface area contributed by atoms with E-state index < -0.39 is 18.2 Å². The van der Waals surface area contributed by atoms with Crippen LogP contribution in [0.15, 0.2) is 67.6 Å². The highest BCUT2D eigenvalue weighted by molar-refractivity contribution is 9.10. The molecule has 0 amide bonds.